The average molecular weight is 265 g/mol. The molecule has 1 unspecified atom stereocenters. The first kappa shape index (κ1) is 14.4. The molecule has 3 N–H and O–H groups in total. The van der Waals surface area contributed by atoms with Crippen molar-refractivity contribution in [1.29, 1.82) is 0 Å². The van der Waals surface area contributed by atoms with Gasteiger partial charge in [0.05, 0.1) is 12.2 Å². The number of nitrogens with one attached hydrogen (secondary N) is 1. The number of aromatic nitrogens is 1. The summed E-state index contributed by atoms with van der Waals surface area (Å²) in [5.74, 6) is 6.10. The Morgan fingerprint density at radius 3 is 2.63 bits per heavy atom. The zero-order valence-electron chi connectivity index (χ0n) is 11.8. The summed E-state index contributed by atoms with van der Waals surface area (Å²) in [6, 6.07) is 1.63. The number of hydrogen-bond donors (Lipinski definition) is 2. The molecule has 1 saturated carbocycles. The molecule has 3 nitrogen and oxygen atoms in total. The van der Waals surface area contributed by atoms with Gasteiger partial charge in [-0.2, -0.15) is 0 Å². The Kier molecular flexibility index (Phi) is 4.53. The molecule has 1 aliphatic rings. The number of rotatable bonds is 5. The molecule has 1 aromatic heterocycles. The van der Waals surface area contributed by atoms with E-state index >= 15 is 0 Å². The van der Waals surface area contributed by atoms with Crippen LogP contribution in [0, 0.1) is 17.2 Å². The molecule has 0 spiro atoms. The minimum absolute atomic E-state index is 0.0745. The second kappa shape index (κ2) is 5.97. The van der Waals surface area contributed by atoms with E-state index in [4.69, 9.17) is 5.84 Å². The molecule has 106 valence electrons. The Hall–Kier alpha value is -1.00. The highest BCUT2D eigenvalue weighted by Gasteiger charge is 2.42. The van der Waals surface area contributed by atoms with Crippen LogP contribution in [-0.2, 0) is 0 Å². The van der Waals surface area contributed by atoms with Gasteiger partial charge in [0.15, 0.2) is 0 Å². The van der Waals surface area contributed by atoms with Crippen molar-refractivity contribution in [3.05, 3.63) is 29.8 Å². The van der Waals surface area contributed by atoms with E-state index in [2.05, 4.69) is 24.3 Å². The maximum absolute atomic E-state index is 14.0. The fraction of sp³-hybridized carbons (Fsp3) is 0.667. The normalized spacial score (nSPS) is 19.8. The number of nitrogens with two attached hydrogens (primary N) is 1. The number of pyridine rings is 1. The van der Waals surface area contributed by atoms with Crippen molar-refractivity contribution in [2.45, 2.75) is 52.0 Å². The third-order valence-corrected chi connectivity index (χ3v) is 4.31. The van der Waals surface area contributed by atoms with Crippen LogP contribution >= 0.6 is 0 Å². The van der Waals surface area contributed by atoms with Crippen LogP contribution in [0.15, 0.2) is 18.5 Å². The molecule has 1 aromatic rings. The lowest BCUT2D eigenvalue weighted by atomic mass is 9.70. The Morgan fingerprint density at radius 2 is 2.11 bits per heavy atom. The van der Waals surface area contributed by atoms with Crippen molar-refractivity contribution in [1.82, 2.24) is 10.4 Å². The van der Waals surface area contributed by atoms with Gasteiger partial charge in [0.25, 0.3) is 0 Å². The Labute approximate surface area is 114 Å². The lowest BCUT2D eigenvalue weighted by Gasteiger charge is -2.39. The summed E-state index contributed by atoms with van der Waals surface area (Å²) >= 11 is 0. The molecule has 0 saturated heterocycles. The van der Waals surface area contributed by atoms with Gasteiger partial charge < -0.3 is 0 Å². The van der Waals surface area contributed by atoms with E-state index in [0.717, 1.165) is 19.3 Å². The highest BCUT2D eigenvalue weighted by Crippen LogP contribution is 2.51. The van der Waals surface area contributed by atoms with Crippen LogP contribution < -0.4 is 11.3 Å². The molecule has 1 aliphatic carbocycles. The van der Waals surface area contributed by atoms with Gasteiger partial charge in [0.2, 0.25) is 0 Å². The quantitative estimate of drug-likeness (QED) is 0.634. The molecule has 0 radical (unpaired) electrons. The third-order valence-electron chi connectivity index (χ3n) is 4.31. The van der Waals surface area contributed by atoms with Gasteiger partial charge in [-0.1, -0.05) is 26.7 Å². The summed E-state index contributed by atoms with van der Waals surface area (Å²) in [7, 11) is 0. The van der Waals surface area contributed by atoms with E-state index < -0.39 is 0 Å². The van der Waals surface area contributed by atoms with Crippen molar-refractivity contribution in [2.24, 2.45) is 17.2 Å². The summed E-state index contributed by atoms with van der Waals surface area (Å²) in [5, 5.41) is 0. The summed E-state index contributed by atoms with van der Waals surface area (Å²) < 4.78 is 14.0. The van der Waals surface area contributed by atoms with Gasteiger partial charge in [-0.3, -0.25) is 16.3 Å². The molecule has 1 fully saturated rings. The Balaban J connectivity index is 2.35. The van der Waals surface area contributed by atoms with Gasteiger partial charge in [-0.25, -0.2) is 4.39 Å². The summed E-state index contributed by atoms with van der Waals surface area (Å²) in [5.41, 5.74) is 3.61. The lowest BCUT2D eigenvalue weighted by Crippen LogP contribution is -2.41. The van der Waals surface area contributed by atoms with E-state index in [9.17, 15) is 4.39 Å². The number of nitrogens with zero attached hydrogens (tertiary/aromatic N) is 1. The fourth-order valence-corrected chi connectivity index (χ4v) is 3.72. The third kappa shape index (κ3) is 2.95. The minimum Gasteiger partial charge on any atom is -0.271 e. The number of hydrogen-bond acceptors (Lipinski definition) is 3. The van der Waals surface area contributed by atoms with E-state index in [-0.39, 0.29) is 17.3 Å². The molecule has 2 rings (SSSR count). The fourth-order valence-electron chi connectivity index (χ4n) is 3.72. The van der Waals surface area contributed by atoms with Gasteiger partial charge in [-0.05, 0) is 36.7 Å². The predicted molar refractivity (Wildman–Crippen MR) is 74.6 cm³/mol. The van der Waals surface area contributed by atoms with Gasteiger partial charge in [-0.15, -0.1) is 0 Å². The van der Waals surface area contributed by atoms with Gasteiger partial charge in [0, 0.05) is 11.8 Å². The minimum atomic E-state index is -0.263. The molecular formula is C15H24FN3. The van der Waals surface area contributed by atoms with E-state index in [1.54, 1.807) is 12.3 Å². The van der Waals surface area contributed by atoms with Crippen LogP contribution in [-0.4, -0.2) is 4.98 Å². The first-order chi connectivity index (χ1) is 9.09. The average Bonchev–Trinajstić information content (AvgIpc) is 2.81. The highest BCUT2D eigenvalue weighted by molar-refractivity contribution is 5.21. The van der Waals surface area contributed by atoms with Crippen LogP contribution in [0.3, 0.4) is 0 Å². The van der Waals surface area contributed by atoms with Crippen molar-refractivity contribution >= 4 is 0 Å². The topological polar surface area (TPSA) is 50.9 Å². The van der Waals surface area contributed by atoms with Crippen molar-refractivity contribution in [2.75, 3.05) is 0 Å². The van der Waals surface area contributed by atoms with Crippen LogP contribution in [0.4, 0.5) is 4.39 Å². The molecule has 0 aromatic carbocycles. The largest absolute Gasteiger partial charge is 0.271 e. The second-order valence-corrected chi connectivity index (χ2v) is 6.16. The maximum atomic E-state index is 14.0. The van der Waals surface area contributed by atoms with E-state index in [1.807, 2.05) is 0 Å². The second-order valence-electron chi connectivity index (χ2n) is 6.16. The standard InChI is InChI=1S/C15H24FN3/c1-11(2)9-15(6-3-4-7-15)14(19-17)12-5-8-18-10-13(12)16/h5,8,10-11,14,19H,3-4,6-7,9,17H2,1-2H3. The van der Waals surface area contributed by atoms with Crippen LogP contribution in [0.5, 0.6) is 0 Å². The molecule has 1 heterocycles. The molecule has 1 atom stereocenters. The van der Waals surface area contributed by atoms with Crippen LogP contribution in [0.1, 0.15) is 57.6 Å². The van der Waals surface area contributed by atoms with Crippen LogP contribution in [0.2, 0.25) is 0 Å². The Morgan fingerprint density at radius 1 is 1.42 bits per heavy atom. The summed E-state index contributed by atoms with van der Waals surface area (Å²) in [4.78, 5) is 3.83. The zero-order chi connectivity index (χ0) is 13.9. The number of hydrazine groups is 1. The predicted octanol–water partition coefficient (Wildman–Crippen LogP) is 3.33. The van der Waals surface area contributed by atoms with E-state index in [0.29, 0.717) is 11.5 Å². The maximum Gasteiger partial charge on any atom is 0.146 e. The first-order valence-electron chi connectivity index (χ1n) is 7.14. The first-order valence-corrected chi connectivity index (χ1v) is 7.14. The van der Waals surface area contributed by atoms with Gasteiger partial charge >= 0.3 is 0 Å². The van der Waals surface area contributed by atoms with Crippen molar-refractivity contribution in [3.8, 4) is 0 Å². The highest BCUT2D eigenvalue weighted by atomic mass is 19.1. The zero-order valence-corrected chi connectivity index (χ0v) is 11.8. The van der Waals surface area contributed by atoms with Crippen molar-refractivity contribution in [3.63, 3.8) is 0 Å². The molecule has 4 heteroatoms. The SMILES string of the molecule is CC(C)CC1(C(NN)c2ccncc2F)CCCC1. The summed E-state index contributed by atoms with van der Waals surface area (Å²) in [6.07, 6.45) is 8.63. The number of halogens is 1. The molecule has 0 aliphatic heterocycles. The summed E-state index contributed by atoms with van der Waals surface area (Å²) in [6.45, 7) is 4.44. The van der Waals surface area contributed by atoms with Crippen LogP contribution in [0.25, 0.3) is 0 Å². The van der Waals surface area contributed by atoms with E-state index in [1.165, 1.54) is 19.0 Å². The van der Waals surface area contributed by atoms with Crippen molar-refractivity contribution < 1.29 is 4.39 Å². The lowest BCUT2D eigenvalue weighted by molar-refractivity contribution is 0.153. The monoisotopic (exact) mass is 265 g/mol. The molecule has 19 heavy (non-hydrogen) atoms. The molecule has 0 bridgehead atoms. The Bertz CT molecular complexity index is 414. The molecule has 0 amide bonds. The molecular weight excluding hydrogens is 241 g/mol. The van der Waals surface area contributed by atoms with Gasteiger partial charge in [0.1, 0.15) is 5.82 Å². The smallest absolute Gasteiger partial charge is 0.146 e.